The molecule has 4 aliphatic carbocycles. The highest BCUT2D eigenvalue weighted by Crippen LogP contribution is 2.72. The minimum absolute atomic E-state index is 0.480. The number of rotatable bonds is 5. The Bertz CT molecular complexity index is 583. The van der Waals surface area contributed by atoms with Gasteiger partial charge in [0, 0.05) is 6.04 Å². The van der Waals surface area contributed by atoms with Gasteiger partial charge in [-0.2, -0.15) is 0 Å². The van der Waals surface area contributed by atoms with Gasteiger partial charge in [-0.15, -0.1) is 0 Å². The van der Waals surface area contributed by atoms with E-state index in [1.807, 2.05) is 0 Å². The Morgan fingerprint density at radius 2 is 1.41 bits per heavy atom. The molecule has 0 heterocycles. The van der Waals surface area contributed by atoms with Crippen LogP contribution in [0.3, 0.4) is 0 Å². The molecule has 0 amide bonds. The van der Waals surface area contributed by atoms with Crippen molar-refractivity contribution in [3.8, 4) is 0 Å². The van der Waals surface area contributed by atoms with E-state index in [4.69, 9.17) is 5.73 Å². The summed E-state index contributed by atoms with van der Waals surface area (Å²) in [6.07, 6.45) is 17.3. The molecule has 2 N–H and O–H groups in total. The first kappa shape index (κ1) is 22.2. The molecule has 0 aliphatic heterocycles. The molecular formula is C28H51N. The maximum Gasteiger partial charge on any atom is 0.00418 e. The summed E-state index contributed by atoms with van der Waals surface area (Å²) in [4.78, 5) is 0. The van der Waals surface area contributed by atoms with Gasteiger partial charge in [-0.25, -0.2) is 0 Å². The number of hydrogen-bond acceptors (Lipinski definition) is 1. The fourth-order valence-electron chi connectivity index (χ4n) is 9.99. The second-order valence-corrected chi connectivity index (χ2v) is 13.4. The van der Waals surface area contributed by atoms with Crippen LogP contribution < -0.4 is 5.73 Å². The maximum atomic E-state index is 6.42. The molecule has 2 unspecified atom stereocenters. The van der Waals surface area contributed by atoms with Crippen molar-refractivity contribution >= 4 is 0 Å². The van der Waals surface area contributed by atoms with Crippen molar-refractivity contribution in [1.82, 2.24) is 0 Å². The maximum absolute atomic E-state index is 6.42. The first-order chi connectivity index (χ1) is 13.6. The van der Waals surface area contributed by atoms with Crippen LogP contribution in [0.15, 0.2) is 0 Å². The summed E-state index contributed by atoms with van der Waals surface area (Å²) in [5.74, 6) is 5.59. The summed E-state index contributed by atoms with van der Waals surface area (Å²) < 4.78 is 0. The topological polar surface area (TPSA) is 26.0 Å². The van der Waals surface area contributed by atoms with Crippen molar-refractivity contribution in [2.75, 3.05) is 0 Å². The van der Waals surface area contributed by atoms with E-state index < -0.39 is 0 Å². The summed E-state index contributed by atoms with van der Waals surface area (Å²) in [7, 11) is 0. The molecule has 0 aromatic rings. The molecule has 4 rings (SSSR count). The Labute approximate surface area is 182 Å². The zero-order valence-electron chi connectivity index (χ0n) is 20.6. The van der Waals surface area contributed by atoms with E-state index in [1.165, 1.54) is 77.0 Å². The highest BCUT2D eigenvalue weighted by molar-refractivity contribution is 5.14. The first-order valence-corrected chi connectivity index (χ1v) is 13.4. The van der Waals surface area contributed by atoms with E-state index in [2.05, 4.69) is 41.5 Å². The molecule has 29 heavy (non-hydrogen) atoms. The van der Waals surface area contributed by atoms with E-state index in [9.17, 15) is 0 Å². The van der Waals surface area contributed by atoms with Gasteiger partial charge < -0.3 is 5.73 Å². The van der Waals surface area contributed by atoms with Crippen molar-refractivity contribution in [2.24, 2.45) is 57.5 Å². The summed E-state index contributed by atoms with van der Waals surface area (Å²) in [5, 5.41) is 0. The van der Waals surface area contributed by atoms with Gasteiger partial charge >= 0.3 is 0 Å². The van der Waals surface area contributed by atoms with E-state index in [0.717, 1.165) is 35.5 Å². The van der Waals surface area contributed by atoms with Crippen LogP contribution in [-0.2, 0) is 0 Å². The molecule has 0 saturated heterocycles. The summed E-state index contributed by atoms with van der Waals surface area (Å²) in [6, 6.07) is 0.480. The lowest BCUT2D eigenvalue weighted by molar-refractivity contribution is -0.168. The summed E-state index contributed by atoms with van der Waals surface area (Å²) in [5.41, 5.74) is 8.19. The quantitative estimate of drug-likeness (QED) is 0.499. The van der Waals surface area contributed by atoms with Gasteiger partial charge in [0.15, 0.2) is 0 Å². The number of hydrogen-bond donors (Lipinski definition) is 1. The average molecular weight is 402 g/mol. The molecule has 9 atom stereocenters. The molecule has 168 valence electrons. The monoisotopic (exact) mass is 401 g/mol. The third-order valence-electron chi connectivity index (χ3n) is 11.5. The molecule has 4 fully saturated rings. The Morgan fingerprint density at radius 3 is 2.14 bits per heavy atom. The summed E-state index contributed by atoms with van der Waals surface area (Å²) >= 11 is 0. The first-order valence-electron chi connectivity index (χ1n) is 13.4. The molecule has 1 heteroatoms. The molecular weight excluding hydrogens is 350 g/mol. The predicted molar refractivity (Wildman–Crippen MR) is 126 cm³/mol. The van der Waals surface area contributed by atoms with E-state index in [1.54, 1.807) is 0 Å². The molecule has 4 saturated carbocycles. The van der Waals surface area contributed by atoms with Crippen molar-refractivity contribution in [1.29, 1.82) is 0 Å². The van der Waals surface area contributed by atoms with E-state index in [0.29, 0.717) is 22.3 Å². The minimum Gasteiger partial charge on any atom is -0.328 e. The van der Waals surface area contributed by atoms with Gasteiger partial charge in [-0.1, -0.05) is 60.8 Å². The molecule has 0 aromatic carbocycles. The van der Waals surface area contributed by atoms with Crippen molar-refractivity contribution < 1.29 is 0 Å². The molecule has 1 nitrogen and oxygen atoms in total. The Balaban J connectivity index is 1.52. The van der Waals surface area contributed by atoms with E-state index in [-0.39, 0.29) is 0 Å². The van der Waals surface area contributed by atoms with Gasteiger partial charge in [0.2, 0.25) is 0 Å². The molecule has 0 spiro atoms. The lowest BCUT2D eigenvalue weighted by Gasteiger charge is -2.66. The smallest absolute Gasteiger partial charge is 0.00418 e. The summed E-state index contributed by atoms with van der Waals surface area (Å²) in [6.45, 7) is 15.6. The molecule has 0 radical (unpaired) electrons. The highest BCUT2D eigenvalue weighted by Gasteiger charge is 2.65. The van der Waals surface area contributed by atoms with Crippen LogP contribution in [0.1, 0.15) is 119 Å². The van der Waals surface area contributed by atoms with Crippen molar-refractivity contribution in [2.45, 2.75) is 125 Å². The predicted octanol–water partition coefficient (Wildman–Crippen LogP) is 7.83. The van der Waals surface area contributed by atoms with Crippen molar-refractivity contribution in [3.05, 3.63) is 0 Å². The molecule has 0 bridgehead atoms. The lowest BCUT2D eigenvalue weighted by Crippen LogP contribution is -2.59. The van der Waals surface area contributed by atoms with Crippen LogP contribution >= 0.6 is 0 Å². The average Bonchev–Trinajstić information content (AvgIpc) is 3.00. The zero-order chi connectivity index (χ0) is 21.0. The van der Waals surface area contributed by atoms with Crippen LogP contribution in [0, 0.1) is 51.8 Å². The largest absolute Gasteiger partial charge is 0.328 e. The second kappa shape index (κ2) is 7.83. The fourth-order valence-corrected chi connectivity index (χ4v) is 9.99. The number of fused-ring (bicyclic) bond motifs is 5. The van der Waals surface area contributed by atoms with Gasteiger partial charge in [-0.3, -0.25) is 0 Å². The lowest BCUT2D eigenvalue weighted by atomic mass is 9.39. The SMILES string of the molecule is CC(C)CCC[C@@H](C)C1CC[C@H]2[C@]3(C)CCC4C[C@H](N)CC[C@]4(C)[C@H]3CC[C@]12C. The Kier molecular flexibility index (Phi) is 5.98. The Morgan fingerprint density at radius 1 is 0.759 bits per heavy atom. The van der Waals surface area contributed by atoms with Gasteiger partial charge in [-0.05, 0) is 110 Å². The second-order valence-electron chi connectivity index (χ2n) is 13.4. The molecule has 4 aliphatic rings. The third kappa shape index (κ3) is 3.54. The Hall–Kier alpha value is -0.0400. The molecule has 0 aromatic heterocycles. The third-order valence-corrected chi connectivity index (χ3v) is 11.5. The van der Waals surface area contributed by atoms with Crippen LogP contribution in [-0.4, -0.2) is 6.04 Å². The van der Waals surface area contributed by atoms with Gasteiger partial charge in [0.1, 0.15) is 0 Å². The minimum atomic E-state index is 0.480. The van der Waals surface area contributed by atoms with Crippen LogP contribution in [0.25, 0.3) is 0 Å². The number of nitrogens with two attached hydrogens (primary N) is 1. The van der Waals surface area contributed by atoms with Crippen LogP contribution in [0.2, 0.25) is 0 Å². The normalized spacial score (nSPS) is 50.7. The van der Waals surface area contributed by atoms with Gasteiger partial charge in [0.05, 0.1) is 0 Å². The van der Waals surface area contributed by atoms with Gasteiger partial charge in [0.25, 0.3) is 0 Å². The van der Waals surface area contributed by atoms with Crippen molar-refractivity contribution in [3.63, 3.8) is 0 Å². The van der Waals surface area contributed by atoms with Crippen LogP contribution in [0.5, 0.6) is 0 Å². The van der Waals surface area contributed by atoms with Crippen LogP contribution in [0.4, 0.5) is 0 Å². The standard InChI is InChI=1S/C28H51N/c1-19(2)8-7-9-20(3)23-10-11-24-27(23,5)17-14-25-26(4)16-13-22(29)18-21(26)12-15-28(24,25)6/h19-25H,7-18,29H2,1-6H3/t20-,21?,22-,23?,24-,25-,26+,27-,28+/m1/s1. The fraction of sp³-hybridized carbons (Fsp3) is 1.00. The van der Waals surface area contributed by atoms with E-state index >= 15 is 0 Å². The zero-order valence-corrected chi connectivity index (χ0v) is 20.6. The highest BCUT2D eigenvalue weighted by atomic mass is 14.7.